The fraction of sp³-hybridized carbons (Fsp3) is 1.00. The number of hydrogen-bond donors (Lipinski definition) is 3. The van der Waals surface area contributed by atoms with E-state index in [1.165, 1.54) is 0 Å². The summed E-state index contributed by atoms with van der Waals surface area (Å²) in [4.78, 5) is 0. The summed E-state index contributed by atoms with van der Waals surface area (Å²) in [6.07, 6.45) is 3.37. The van der Waals surface area contributed by atoms with Gasteiger partial charge in [0.25, 0.3) is 0 Å². The molecule has 0 aliphatic heterocycles. The summed E-state index contributed by atoms with van der Waals surface area (Å²) in [5, 5.41) is 21.8. The molecule has 5 nitrogen and oxygen atoms in total. The van der Waals surface area contributed by atoms with Crippen LogP contribution in [0.4, 0.5) is 0 Å². The first kappa shape index (κ1) is 18.8. The van der Waals surface area contributed by atoms with Gasteiger partial charge in [-0.25, -0.2) is 0 Å². The second-order valence-electron chi connectivity index (χ2n) is 4.72. The second kappa shape index (κ2) is 14.2. The predicted octanol–water partition coefficient (Wildman–Crippen LogP) is 0.931. The maximum Gasteiger partial charge on any atom is 0.0897 e. The summed E-state index contributed by atoms with van der Waals surface area (Å²) in [7, 11) is 0. The van der Waals surface area contributed by atoms with Gasteiger partial charge in [-0.05, 0) is 19.3 Å². The van der Waals surface area contributed by atoms with E-state index in [-0.39, 0.29) is 12.6 Å². The Morgan fingerprint density at radius 2 is 1.84 bits per heavy atom. The van der Waals surface area contributed by atoms with Crippen LogP contribution in [0, 0.1) is 0 Å². The van der Waals surface area contributed by atoms with Gasteiger partial charge in [-0.1, -0.05) is 20.3 Å². The van der Waals surface area contributed by atoms with Crippen molar-refractivity contribution in [2.24, 2.45) is 0 Å². The van der Waals surface area contributed by atoms with Crippen LogP contribution in [0.1, 0.15) is 39.5 Å². The molecule has 0 heterocycles. The van der Waals surface area contributed by atoms with Crippen molar-refractivity contribution < 1.29 is 19.7 Å². The predicted molar refractivity (Wildman–Crippen MR) is 76.3 cm³/mol. The lowest BCUT2D eigenvalue weighted by molar-refractivity contribution is 0.00296. The van der Waals surface area contributed by atoms with Crippen LogP contribution in [0.25, 0.3) is 0 Å². The van der Waals surface area contributed by atoms with E-state index < -0.39 is 6.10 Å². The molecule has 0 aromatic heterocycles. The molecule has 0 bridgehead atoms. The first-order chi connectivity index (χ1) is 9.24. The lowest BCUT2D eigenvalue weighted by atomic mass is 10.1. The van der Waals surface area contributed by atoms with Crippen LogP contribution in [-0.2, 0) is 9.47 Å². The molecule has 0 rings (SSSR count). The molecule has 2 atom stereocenters. The maximum atomic E-state index is 9.71. The first-order valence-electron chi connectivity index (χ1n) is 7.42. The molecular formula is C14H31NO4. The molecule has 0 aliphatic rings. The van der Waals surface area contributed by atoms with Crippen molar-refractivity contribution in [2.45, 2.75) is 51.7 Å². The monoisotopic (exact) mass is 277 g/mol. The highest BCUT2D eigenvalue weighted by molar-refractivity contribution is 4.67. The Balaban J connectivity index is 3.35. The van der Waals surface area contributed by atoms with Crippen molar-refractivity contribution in [3.8, 4) is 0 Å². The smallest absolute Gasteiger partial charge is 0.0897 e. The molecule has 0 radical (unpaired) electrons. The Morgan fingerprint density at radius 1 is 1.11 bits per heavy atom. The largest absolute Gasteiger partial charge is 0.396 e. The zero-order valence-electron chi connectivity index (χ0n) is 12.4. The van der Waals surface area contributed by atoms with E-state index in [0.29, 0.717) is 26.4 Å². The summed E-state index contributed by atoms with van der Waals surface area (Å²) in [6, 6.07) is 0.261. The molecule has 3 N–H and O–H groups in total. The molecule has 0 aromatic rings. The SMILES string of the molecule is CCCCOCCOCC(O)CNC(CC)CCO. The summed E-state index contributed by atoms with van der Waals surface area (Å²) >= 11 is 0. The van der Waals surface area contributed by atoms with E-state index in [0.717, 1.165) is 32.3 Å². The standard InChI is InChI=1S/C14H31NO4/c1-3-5-8-18-9-10-19-12-14(17)11-15-13(4-2)6-7-16/h13-17H,3-12H2,1-2H3. The normalized spacial score (nSPS) is 14.5. The third kappa shape index (κ3) is 12.6. The van der Waals surface area contributed by atoms with Gasteiger partial charge in [0.15, 0.2) is 0 Å². The van der Waals surface area contributed by atoms with Crippen LogP contribution in [0.2, 0.25) is 0 Å². The number of ether oxygens (including phenoxy) is 2. The van der Waals surface area contributed by atoms with Crippen LogP contribution in [0.15, 0.2) is 0 Å². The lowest BCUT2D eigenvalue weighted by Crippen LogP contribution is -2.37. The van der Waals surface area contributed by atoms with Gasteiger partial charge in [0.05, 0.1) is 25.9 Å². The number of aliphatic hydroxyl groups is 2. The van der Waals surface area contributed by atoms with Crippen molar-refractivity contribution in [3.05, 3.63) is 0 Å². The number of aliphatic hydroxyl groups excluding tert-OH is 2. The van der Waals surface area contributed by atoms with E-state index in [1.807, 2.05) is 0 Å². The molecule has 0 fully saturated rings. The Morgan fingerprint density at radius 3 is 2.47 bits per heavy atom. The van der Waals surface area contributed by atoms with Gasteiger partial charge in [0.1, 0.15) is 0 Å². The van der Waals surface area contributed by atoms with E-state index in [9.17, 15) is 5.11 Å². The average molecular weight is 277 g/mol. The summed E-state index contributed by atoms with van der Waals surface area (Å²) in [5.41, 5.74) is 0. The van der Waals surface area contributed by atoms with Crippen LogP contribution in [-0.4, -0.2) is 61.9 Å². The molecule has 19 heavy (non-hydrogen) atoms. The fourth-order valence-electron chi connectivity index (χ4n) is 1.65. The topological polar surface area (TPSA) is 71.0 Å². The average Bonchev–Trinajstić information content (AvgIpc) is 2.42. The molecule has 0 amide bonds. The number of unbranched alkanes of at least 4 members (excludes halogenated alkanes) is 1. The molecule has 0 aliphatic carbocycles. The Labute approximate surface area is 117 Å². The Bertz CT molecular complexity index is 181. The van der Waals surface area contributed by atoms with Gasteiger partial charge < -0.3 is 25.0 Å². The molecule has 0 spiro atoms. The molecule has 5 heteroatoms. The van der Waals surface area contributed by atoms with Crippen LogP contribution >= 0.6 is 0 Å². The van der Waals surface area contributed by atoms with Gasteiger partial charge >= 0.3 is 0 Å². The van der Waals surface area contributed by atoms with E-state index in [1.54, 1.807) is 0 Å². The van der Waals surface area contributed by atoms with Gasteiger partial charge in [0.2, 0.25) is 0 Å². The number of hydrogen-bond acceptors (Lipinski definition) is 5. The molecular weight excluding hydrogens is 246 g/mol. The summed E-state index contributed by atoms with van der Waals surface area (Å²) in [6.45, 7) is 7.07. The summed E-state index contributed by atoms with van der Waals surface area (Å²) in [5.74, 6) is 0. The third-order valence-corrected chi connectivity index (χ3v) is 2.94. The van der Waals surface area contributed by atoms with Crippen molar-refractivity contribution in [3.63, 3.8) is 0 Å². The van der Waals surface area contributed by atoms with Crippen molar-refractivity contribution in [2.75, 3.05) is 39.6 Å². The first-order valence-corrected chi connectivity index (χ1v) is 7.42. The molecule has 0 saturated carbocycles. The minimum atomic E-state index is -0.511. The van der Waals surface area contributed by atoms with Gasteiger partial charge in [0, 0.05) is 25.8 Å². The zero-order chi connectivity index (χ0) is 14.3. The molecule has 116 valence electrons. The highest BCUT2D eigenvalue weighted by Gasteiger charge is 2.08. The van der Waals surface area contributed by atoms with E-state index >= 15 is 0 Å². The highest BCUT2D eigenvalue weighted by atomic mass is 16.5. The summed E-state index contributed by atoms with van der Waals surface area (Å²) < 4.78 is 10.7. The van der Waals surface area contributed by atoms with E-state index in [4.69, 9.17) is 14.6 Å². The molecule has 2 unspecified atom stereocenters. The fourth-order valence-corrected chi connectivity index (χ4v) is 1.65. The lowest BCUT2D eigenvalue weighted by Gasteiger charge is -2.18. The van der Waals surface area contributed by atoms with E-state index in [2.05, 4.69) is 19.2 Å². The van der Waals surface area contributed by atoms with Crippen LogP contribution in [0.3, 0.4) is 0 Å². The maximum absolute atomic E-state index is 9.71. The number of nitrogens with one attached hydrogen (secondary N) is 1. The van der Waals surface area contributed by atoms with Crippen molar-refractivity contribution in [1.82, 2.24) is 5.32 Å². The van der Waals surface area contributed by atoms with Crippen molar-refractivity contribution >= 4 is 0 Å². The quantitative estimate of drug-likeness (QED) is 0.412. The van der Waals surface area contributed by atoms with Crippen molar-refractivity contribution in [1.29, 1.82) is 0 Å². The zero-order valence-corrected chi connectivity index (χ0v) is 12.4. The molecule has 0 saturated heterocycles. The minimum Gasteiger partial charge on any atom is -0.396 e. The Kier molecular flexibility index (Phi) is 14.1. The number of rotatable bonds is 14. The van der Waals surface area contributed by atoms with Gasteiger partial charge in [-0.3, -0.25) is 0 Å². The Hall–Kier alpha value is -0.200. The van der Waals surface area contributed by atoms with Crippen LogP contribution < -0.4 is 5.32 Å². The van der Waals surface area contributed by atoms with Gasteiger partial charge in [-0.2, -0.15) is 0 Å². The molecule has 0 aromatic carbocycles. The minimum absolute atomic E-state index is 0.174. The van der Waals surface area contributed by atoms with Crippen LogP contribution in [0.5, 0.6) is 0 Å². The second-order valence-corrected chi connectivity index (χ2v) is 4.72. The highest BCUT2D eigenvalue weighted by Crippen LogP contribution is 1.97. The van der Waals surface area contributed by atoms with Gasteiger partial charge in [-0.15, -0.1) is 0 Å². The third-order valence-electron chi connectivity index (χ3n) is 2.94.